The Bertz CT molecular complexity index is 2660. The number of amides is 5. The summed E-state index contributed by atoms with van der Waals surface area (Å²) < 4.78 is 22.9. The molecule has 0 bridgehead atoms. The lowest BCUT2D eigenvalue weighted by molar-refractivity contribution is -0.137. The monoisotopic (exact) mass is 999 g/mol. The topological polar surface area (TPSA) is 231 Å². The molecule has 5 amide bonds. The zero-order valence-corrected chi connectivity index (χ0v) is 41.7. The number of imide groups is 1. The average molecular weight is 999 g/mol. The van der Waals surface area contributed by atoms with Gasteiger partial charge < -0.3 is 44.7 Å². The van der Waals surface area contributed by atoms with Gasteiger partial charge in [-0.05, 0) is 113 Å². The number of aromatic amines is 1. The minimum Gasteiger partial charge on any atom is -0.494 e. The molecule has 1 unspecified atom stereocenters. The first kappa shape index (κ1) is 52.3. The number of carbonyl (C=O) groups is 5. The first-order valence-corrected chi connectivity index (χ1v) is 25.3. The van der Waals surface area contributed by atoms with E-state index in [1.165, 1.54) is 4.90 Å². The van der Waals surface area contributed by atoms with Gasteiger partial charge in [-0.15, -0.1) is 0 Å². The van der Waals surface area contributed by atoms with E-state index in [-0.39, 0.29) is 62.1 Å². The summed E-state index contributed by atoms with van der Waals surface area (Å²) in [6.07, 6.45) is 9.58. The second kappa shape index (κ2) is 25.5. The average Bonchev–Trinajstić information content (AvgIpc) is 4.04. The predicted octanol–water partition coefficient (Wildman–Crippen LogP) is 6.17. The zero-order chi connectivity index (χ0) is 51.0. The van der Waals surface area contributed by atoms with E-state index in [4.69, 9.17) is 23.9 Å². The van der Waals surface area contributed by atoms with Gasteiger partial charge in [0.1, 0.15) is 11.8 Å². The van der Waals surface area contributed by atoms with Crippen LogP contribution in [-0.2, 0) is 40.7 Å². The van der Waals surface area contributed by atoms with Crippen LogP contribution in [0.15, 0.2) is 91.3 Å². The number of likely N-dealkylation sites (tertiary alicyclic amines) is 1. The van der Waals surface area contributed by atoms with Gasteiger partial charge in [0, 0.05) is 78.7 Å². The van der Waals surface area contributed by atoms with Crippen LogP contribution in [0.4, 0.5) is 11.4 Å². The van der Waals surface area contributed by atoms with Gasteiger partial charge in [0.15, 0.2) is 11.6 Å². The van der Waals surface area contributed by atoms with E-state index in [9.17, 15) is 24.0 Å². The molecular weight excluding hydrogens is 933 g/mol. The van der Waals surface area contributed by atoms with Gasteiger partial charge in [-0.1, -0.05) is 30.7 Å². The number of hydrogen-bond acceptors (Lipinski definition) is 14. The Labute approximate surface area is 425 Å². The third-order valence-electron chi connectivity index (χ3n) is 13.5. The number of aromatic nitrogens is 4. The van der Waals surface area contributed by atoms with Gasteiger partial charge in [0.25, 0.3) is 11.8 Å². The second-order valence-electron chi connectivity index (χ2n) is 18.7. The molecule has 5 aromatic rings. The number of hydrogen-bond donors (Lipinski definition) is 5. The van der Waals surface area contributed by atoms with Gasteiger partial charge >= 0.3 is 0 Å². The van der Waals surface area contributed by atoms with Crippen LogP contribution < -0.4 is 26.0 Å². The number of nitrogens with one attached hydrogen (secondary N) is 5. The Kier molecular flexibility index (Phi) is 18.3. The van der Waals surface area contributed by atoms with Crippen molar-refractivity contribution in [2.24, 2.45) is 0 Å². The Morgan fingerprint density at radius 3 is 2.30 bits per heavy atom. The van der Waals surface area contributed by atoms with Gasteiger partial charge in [-0.25, -0.2) is 4.98 Å². The maximum Gasteiger partial charge on any atom is 0.255 e. The molecule has 386 valence electrons. The van der Waals surface area contributed by atoms with Crippen molar-refractivity contribution in [3.63, 3.8) is 0 Å². The maximum absolute atomic E-state index is 13.5. The molecule has 3 aromatic carbocycles. The van der Waals surface area contributed by atoms with Crippen LogP contribution in [-0.4, -0.2) is 132 Å². The standard InChI is InChI=1S/C54H66N10O9/c1-37(56-50(67)40-9-7-10-41(35-40)60-54(22-26-63(2)27-23-54)53-59-49(61-62-53)39-19-24-55-25-20-39)38-13-15-42(16-14-38)73-29-6-4-3-5-28-70-31-33-72-34-32-71-30-21-48(66)57-45-12-8-11-43-44(45)36-64(52(43)69)46-17-18-47(65)58-51(46)68/h7-16,19-20,24-25,35,37,46,60H,3-6,17-18,21-23,26-34,36H2,1-2H3,(H,56,67)(H,57,66)(H,58,65,68)(H,59,61,62)/t37-,46?/m1/s1. The van der Waals surface area contributed by atoms with Crippen molar-refractivity contribution in [2.75, 3.05) is 77.0 Å². The number of ether oxygens (including phenoxy) is 4. The molecule has 19 heteroatoms. The molecule has 0 saturated carbocycles. The van der Waals surface area contributed by atoms with Crippen LogP contribution in [0.1, 0.15) is 108 Å². The first-order valence-electron chi connectivity index (χ1n) is 25.3. The molecule has 73 heavy (non-hydrogen) atoms. The molecule has 3 aliphatic rings. The Hall–Kier alpha value is -7.06. The van der Waals surface area contributed by atoms with E-state index in [0.717, 1.165) is 80.0 Å². The van der Waals surface area contributed by atoms with Crippen LogP contribution in [0, 0.1) is 0 Å². The van der Waals surface area contributed by atoms with E-state index in [2.05, 4.69) is 48.4 Å². The van der Waals surface area contributed by atoms with Crippen LogP contribution >= 0.6 is 0 Å². The molecule has 0 aliphatic carbocycles. The number of rotatable bonds is 26. The summed E-state index contributed by atoms with van der Waals surface area (Å²) in [6, 6.07) is 23.4. The Morgan fingerprint density at radius 2 is 1.55 bits per heavy atom. The molecule has 5 heterocycles. The molecule has 0 radical (unpaired) electrons. The van der Waals surface area contributed by atoms with E-state index >= 15 is 0 Å². The first-order chi connectivity index (χ1) is 35.5. The lowest BCUT2D eigenvalue weighted by Gasteiger charge is -2.40. The van der Waals surface area contributed by atoms with Crippen molar-refractivity contribution in [3.8, 4) is 17.1 Å². The van der Waals surface area contributed by atoms with Crippen molar-refractivity contribution in [1.29, 1.82) is 0 Å². The van der Waals surface area contributed by atoms with Gasteiger partial charge in [0.05, 0.1) is 57.6 Å². The van der Waals surface area contributed by atoms with Crippen molar-refractivity contribution in [1.82, 2.24) is 40.6 Å². The summed E-state index contributed by atoms with van der Waals surface area (Å²) in [5.41, 5.74) is 4.39. The van der Waals surface area contributed by atoms with Crippen LogP contribution in [0.3, 0.4) is 0 Å². The molecule has 2 fully saturated rings. The molecule has 5 N–H and O–H groups in total. The lowest BCUT2D eigenvalue weighted by Crippen LogP contribution is -2.52. The summed E-state index contributed by atoms with van der Waals surface area (Å²) in [5, 5.41) is 19.8. The summed E-state index contributed by atoms with van der Waals surface area (Å²) >= 11 is 0. The van der Waals surface area contributed by atoms with E-state index in [1.54, 1.807) is 30.6 Å². The number of anilines is 2. The summed E-state index contributed by atoms with van der Waals surface area (Å²) in [4.78, 5) is 76.0. The summed E-state index contributed by atoms with van der Waals surface area (Å²) in [6.45, 7) is 7.04. The second-order valence-corrected chi connectivity index (χ2v) is 18.7. The largest absolute Gasteiger partial charge is 0.494 e. The number of H-pyrrole nitrogens is 1. The van der Waals surface area contributed by atoms with Crippen LogP contribution in [0.25, 0.3) is 11.4 Å². The lowest BCUT2D eigenvalue weighted by atomic mass is 9.86. The van der Waals surface area contributed by atoms with E-state index < -0.39 is 17.5 Å². The van der Waals surface area contributed by atoms with Crippen LogP contribution in [0.5, 0.6) is 5.75 Å². The van der Waals surface area contributed by atoms with Gasteiger partial charge in [-0.3, -0.25) is 39.4 Å². The molecule has 3 aliphatic heterocycles. The predicted molar refractivity (Wildman–Crippen MR) is 273 cm³/mol. The third-order valence-corrected chi connectivity index (χ3v) is 13.5. The number of unbranched alkanes of at least 4 members (excludes halogenated alkanes) is 3. The number of piperidine rings is 2. The molecule has 19 nitrogen and oxygen atoms in total. The van der Waals surface area contributed by atoms with E-state index in [0.29, 0.717) is 67.8 Å². The summed E-state index contributed by atoms with van der Waals surface area (Å²) in [5.74, 6) is 0.647. The highest BCUT2D eigenvalue weighted by atomic mass is 16.5. The molecule has 2 aromatic heterocycles. The fourth-order valence-corrected chi connectivity index (χ4v) is 9.23. The summed E-state index contributed by atoms with van der Waals surface area (Å²) in [7, 11) is 2.12. The highest BCUT2D eigenvalue weighted by molar-refractivity contribution is 6.06. The molecule has 0 spiro atoms. The fraction of sp³-hybridized carbons (Fsp3) is 0.444. The van der Waals surface area contributed by atoms with Crippen molar-refractivity contribution < 1.29 is 42.9 Å². The number of nitrogens with zero attached hydrogens (tertiary/aromatic N) is 5. The minimum absolute atomic E-state index is 0.124. The minimum atomic E-state index is -0.724. The molecule has 8 rings (SSSR count). The SMILES string of the molecule is C[C@@H](NC(=O)c1cccc(NC2(c3nc(-c4ccncc4)n[nH]3)CCN(C)CC2)c1)c1ccc(OCCCCCCOCCOCCOCCC(=O)Nc2cccc3c2CN(C2CCC(=O)NC2=O)C3=O)cc1. The van der Waals surface area contributed by atoms with Crippen molar-refractivity contribution in [2.45, 2.75) is 88.9 Å². The number of carbonyl (C=O) groups excluding carboxylic acids is 5. The van der Waals surface area contributed by atoms with Gasteiger partial charge in [-0.2, -0.15) is 5.10 Å². The Morgan fingerprint density at radius 1 is 0.836 bits per heavy atom. The third kappa shape index (κ3) is 14.1. The van der Waals surface area contributed by atoms with Gasteiger partial charge in [0.2, 0.25) is 17.7 Å². The molecule has 2 atom stereocenters. The maximum atomic E-state index is 13.5. The zero-order valence-electron chi connectivity index (χ0n) is 41.7. The fourth-order valence-electron chi connectivity index (χ4n) is 9.23. The highest BCUT2D eigenvalue weighted by Gasteiger charge is 2.41. The number of benzene rings is 3. The number of pyridine rings is 1. The van der Waals surface area contributed by atoms with Crippen LogP contribution in [0.2, 0.25) is 0 Å². The van der Waals surface area contributed by atoms with Crippen molar-refractivity contribution in [3.05, 3.63) is 119 Å². The molecule has 2 saturated heterocycles. The quantitative estimate of drug-likeness (QED) is 0.0308. The normalized spacial score (nSPS) is 16.9. The molecular formula is C54H66N10O9. The smallest absolute Gasteiger partial charge is 0.255 e. The van der Waals surface area contributed by atoms with Crippen molar-refractivity contribution >= 4 is 40.9 Å². The number of fused-ring (bicyclic) bond motifs is 1. The van der Waals surface area contributed by atoms with E-state index in [1.807, 2.05) is 67.6 Å². The Balaban J connectivity index is 0.643. The highest BCUT2D eigenvalue weighted by Crippen LogP contribution is 2.36.